The average molecular weight is 769 g/mol. The number of hydrogen-bond donors (Lipinski definition) is 0. The molecule has 0 saturated carbocycles. The van der Waals surface area contributed by atoms with Crippen LogP contribution in [0.1, 0.15) is 109 Å². The maximum Gasteiger partial charge on any atom is -1.00 e. The Morgan fingerprint density at radius 2 is 0.896 bits per heavy atom. The molecule has 7 rings (SSSR count). The maximum absolute atomic E-state index is 2.70. The van der Waals surface area contributed by atoms with Crippen LogP contribution in [0.5, 0.6) is 0 Å². The van der Waals surface area contributed by atoms with Gasteiger partial charge >= 0.3 is 293 Å². The quantitative estimate of drug-likeness (QED) is 0.205. The van der Waals surface area contributed by atoms with Gasteiger partial charge in [0.05, 0.1) is 0 Å². The molecular weight excluding hydrogens is 719 g/mol. The summed E-state index contributed by atoms with van der Waals surface area (Å²) in [5, 5.41) is 3.55. The summed E-state index contributed by atoms with van der Waals surface area (Å²) in [6, 6.07) is 33.7. The van der Waals surface area contributed by atoms with Crippen LogP contribution in [0.2, 0.25) is 13.1 Å². The molecule has 0 N–H and O–H groups in total. The molecule has 0 saturated heterocycles. The Morgan fingerprint density at radius 3 is 1.21 bits per heavy atom. The minimum atomic E-state index is -2.14. The first kappa shape index (κ1) is 37.3. The second kappa shape index (κ2) is 13.3. The van der Waals surface area contributed by atoms with Crippen molar-refractivity contribution in [3.8, 4) is 22.3 Å². The van der Waals surface area contributed by atoms with Gasteiger partial charge in [0.25, 0.3) is 0 Å². The molecule has 2 unspecified atom stereocenters. The molecule has 0 aromatic heterocycles. The number of allylic oxidation sites excluding steroid dienone is 2. The Morgan fingerprint density at radius 1 is 0.542 bits per heavy atom. The molecule has 0 fully saturated rings. The molecule has 2 aliphatic carbocycles. The molecule has 48 heavy (non-hydrogen) atoms. The minimum absolute atomic E-state index is 0. The largest absolute Gasteiger partial charge is 1.00 e. The van der Waals surface area contributed by atoms with Crippen LogP contribution in [0.3, 0.4) is 0 Å². The number of hydrogen-bond acceptors (Lipinski definition) is 0. The first-order valence-corrected chi connectivity index (χ1v) is 23.3. The topological polar surface area (TPSA) is 0 Å². The monoisotopic (exact) mass is 766 g/mol. The molecule has 2 atom stereocenters. The van der Waals surface area contributed by atoms with Gasteiger partial charge in [0, 0.05) is 0 Å². The van der Waals surface area contributed by atoms with Gasteiger partial charge < -0.3 is 24.8 Å². The Kier molecular flexibility index (Phi) is 10.3. The Hall–Kier alpha value is -1.96. The Bertz CT molecular complexity index is 1780. The van der Waals surface area contributed by atoms with Crippen LogP contribution in [0.15, 0.2) is 96.1 Å². The molecule has 0 spiro atoms. The van der Waals surface area contributed by atoms with Gasteiger partial charge in [0.1, 0.15) is 0 Å². The number of fused-ring (bicyclic) bond motifs is 8. The third-order valence-electron chi connectivity index (χ3n) is 11.1. The van der Waals surface area contributed by atoms with Gasteiger partial charge in [-0.05, 0) is 0 Å². The molecule has 1 aliphatic heterocycles. The molecule has 4 bridgehead atoms. The Balaban J connectivity index is 0.00000225. The molecule has 4 heteroatoms. The second-order valence-corrected chi connectivity index (χ2v) is 24.3. The van der Waals surface area contributed by atoms with Gasteiger partial charge in [-0.2, -0.15) is 0 Å². The number of halogens is 2. The number of benzene rings is 4. The summed E-state index contributed by atoms with van der Waals surface area (Å²) < 4.78 is 1.32. The van der Waals surface area contributed by atoms with Gasteiger partial charge in [-0.25, -0.2) is 0 Å². The fourth-order valence-corrected chi connectivity index (χ4v) is 19.4. The SMILES string of the molecule is CCC1=C2c3c(-c4ccc(C(C)(C)C)cc4)cccc3[CH]1[Zr+2][CH]1C(CC)=C(c3c(-c4ccc(C(C)(C)C)cc4)cccc31)[Si]2(C)C.[Cl-].[Cl-]. The van der Waals surface area contributed by atoms with Crippen LogP contribution in [0.4, 0.5) is 0 Å². The van der Waals surface area contributed by atoms with Crippen LogP contribution in [0.25, 0.3) is 32.6 Å². The number of rotatable bonds is 4. The molecule has 0 radical (unpaired) electrons. The van der Waals surface area contributed by atoms with Crippen molar-refractivity contribution in [2.45, 2.75) is 99.4 Å². The van der Waals surface area contributed by atoms with Crippen molar-refractivity contribution in [2.24, 2.45) is 0 Å². The van der Waals surface area contributed by atoms with Crippen molar-refractivity contribution in [1.82, 2.24) is 0 Å². The minimum Gasteiger partial charge on any atom is -1.00 e. The van der Waals surface area contributed by atoms with E-state index in [4.69, 9.17) is 0 Å². The molecule has 4 aromatic rings. The van der Waals surface area contributed by atoms with E-state index in [0.717, 1.165) is 0 Å². The standard InChI is InChI=1S/C44H50Si.2ClH.Zr/c1-11-29-27-33-15-13-17-37(31-19-23-35(24-20-31)43(3,4)5)39(33)41(29)45(9,10)42-30(12-2)28-34-16-14-18-38(40(34)42)32-21-25-36(26-22-32)44(6,7)8;;;/h13-28H,11-12H2,1-10H3;2*1H;/q;;;+2/p-2. The molecule has 4 aromatic carbocycles. The van der Waals surface area contributed by atoms with E-state index in [9.17, 15) is 0 Å². The van der Waals surface area contributed by atoms with Gasteiger partial charge in [0.2, 0.25) is 0 Å². The predicted molar refractivity (Wildman–Crippen MR) is 199 cm³/mol. The maximum atomic E-state index is 2.70. The van der Waals surface area contributed by atoms with Gasteiger partial charge in [0.15, 0.2) is 0 Å². The summed E-state index contributed by atoms with van der Waals surface area (Å²) in [5.41, 5.74) is 19.0. The first-order chi connectivity index (χ1) is 21.8. The summed E-state index contributed by atoms with van der Waals surface area (Å²) in [6.07, 6.45) is 2.35. The van der Waals surface area contributed by atoms with Gasteiger partial charge in [-0.3, -0.25) is 0 Å². The summed E-state index contributed by atoms with van der Waals surface area (Å²) in [4.78, 5) is 0. The van der Waals surface area contributed by atoms with Crippen molar-refractivity contribution < 1.29 is 48.0 Å². The predicted octanol–water partition coefficient (Wildman–Crippen LogP) is 6.64. The smallest absolute Gasteiger partial charge is 1.00 e. The summed E-state index contributed by atoms with van der Waals surface area (Å²) in [6.45, 7) is 24.2. The fourth-order valence-electron chi connectivity index (χ4n) is 8.81. The molecule has 3 aliphatic rings. The average Bonchev–Trinajstić information content (AvgIpc) is 3.54. The summed E-state index contributed by atoms with van der Waals surface area (Å²) in [7, 11) is -2.14. The van der Waals surface area contributed by atoms with Crippen molar-refractivity contribution in [3.05, 3.63) is 129 Å². The molecular formula is C44H50Cl2SiZr. The van der Waals surface area contributed by atoms with E-state index < -0.39 is 31.3 Å². The third-order valence-corrected chi connectivity index (χ3v) is 19.6. The van der Waals surface area contributed by atoms with Crippen molar-refractivity contribution >= 4 is 18.5 Å². The van der Waals surface area contributed by atoms with E-state index >= 15 is 0 Å². The normalized spacial score (nSPS) is 18.9. The van der Waals surface area contributed by atoms with Crippen molar-refractivity contribution in [3.63, 3.8) is 0 Å². The zero-order chi connectivity index (χ0) is 32.8. The van der Waals surface area contributed by atoms with E-state index in [0.29, 0.717) is 7.25 Å². The molecule has 0 amide bonds. The Labute approximate surface area is 315 Å². The first-order valence-electron chi connectivity index (χ1n) is 17.5. The van der Waals surface area contributed by atoms with Crippen LogP contribution in [-0.4, -0.2) is 8.07 Å². The molecule has 1 heterocycles. The zero-order valence-corrected chi connectivity index (χ0v) is 35.4. The summed E-state index contributed by atoms with van der Waals surface area (Å²) in [5.74, 6) is 0. The van der Waals surface area contributed by atoms with E-state index in [2.05, 4.69) is 153 Å². The van der Waals surface area contributed by atoms with E-state index in [-0.39, 0.29) is 35.6 Å². The third kappa shape index (κ3) is 5.86. The van der Waals surface area contributed by atoms with Gasteiger partial charge in [-0.1, -0.05) is 0 Å². The molecule has 248 valence electrons. The van der Waals surface area contributed by atoms with Crippen LogP contribution in [-0.2, 0) is 34.1 Å². The fraction of sp³-hybridized carbons (Fsp3) is 0.364. The van der Waals surface area contributed by atoms with Gasteiger partial charge in [-0.15, -0.1) is 0 Å². The van der Waals surface area contributed by atoms with E-state index in [1.165, 1.54) is 46.2 Å². The van der Waals surface area contributed by atoms with Crippen LogP contribution >= 0.6 is 0 Å². The van der Waals surface area contributed by atoms with E-state index in [1.807, 2.05) is 0 Å². The summed E-state index contributed by atoms with van der Waals surface area (Å²) >= 11 is -0.945. The van der Waals surface area contributed by atoms with E-state index in [1.54, 1.807) is 43.8 Å². The second-order valence-electron chi connectivity index (χ2n) is 16.4. The van der Waals surface area contributed by atoms with Crippen LogP contribution in [0, 0.1) is 0 Å². The molecule has 0 nitrogen and oxygen atoms in total. The van der Waals surface area contributed by atoms with Crippen molar-refractivity contribution in [2.75, 3.05) is 0 Å². The van der Waals surface area contributed by atoms with Crippen molar-refractivity contribution in [1.29, 1.82) is 0 Å². The zero-order valence-electron chi connectivity index (χ0n) is 30.4. The van der Waals surface area contributed by atoms with Crippen LogP contribution < -0.4 is 24.8 Å².